The first-order valence-electron chi connectivity index (χ1n) is 10.0. The molecule has 0 atom stereocenters. The number of nitriles is 1. The van der Waals surface area contributed by atoms with Crippen molar-refractivity contribution >= 4 is 32.3 Å². The van der Waals surface area contributed by atoms with Gasteiger partial charge >= 0.3 is 0 Å². The number of nitrogens with zero attached hydrogens (tertiary/aromatic N) is 2. The van der Waals surface area contributed by atoms with Gasteiger partial charge in [0.25, 0.3) is 0 Å². The lowest BCUT2D eigenvalue weighted by Gasteiger charge is -2.26. The molecule has 1 N–H and O–H groups in total. The van der Waals surface area contributed by atoms with Crippen LogP contribution in [0.15, 0.2) is 29.2 Å². The Kier molecular flexibility index (Phi) is 6.20. The van der Waals surface area contributed by atoms with Gasteiger partial charge in [-0.2, -0.15) is 9.57 Å². The summed E-state index contributed by atoms with van der Waals surface area (Å²) >= 11 is 1.51. The highest BCUT2D eigenvalue weighted by Crippen LogP contribution is 2.38. The predicted octanol–water partition coefficient (Wildman–Crippen LogP) is 2.70. The van der Waals surface area contributed by atoms with Crippen LogP contribution in [-0.2, 0) is 38.8 Å². The highest BCUT2D eigenvalue weighted by Gasteiger charge is 2.26. The number of hydrogen-bond donors (Lipinski definition) is 1. The summed E-state index contributed by atoms with van der Waals surface area (Å²) in [5, 5.41) is 13.0. The molecule has 1 saturated heterocycles. The van der Waals surface area contributed by atoms with Crippen LogP contribution in [0.1, 0.15) is 34.4 Å². The summed E-state index contributed by atoms with van der Waals surface area (Å²) in [7, 11) is -3.51. The van der Waals surface area contributed by atoms with E-state index >= 15 is 0 Å². The Bertz CT molecular complexity index is 1080. The van der Waals surface area contributed by atoms with Gasteiger partial charge < -0.3 is 10.1 Å². The molecule has 2 aliphatic rings. The molecule has 0 unspecified atom stereocenters. The first kappa shape index (κ1) is 21.0. The molecule has 1 fully saturated rings. The van der Waals surface area contributed by atoms with E-state index in [2.05, 4.69) is 11.4 Å². The van der Waals surface area contributed by atoms with E-state index in [-0.39, 0.29) is 17.2 Å². The van der Waals surface area contributed by atoms with Crippen LogP contribution in [0.2, 0.25) is 0 Å². The molecule has 1 amide bonds. The Balaban J connectivity index is 1.35. The van der Waals surface area contributed by atoms with Gasteiger partial charge in [-0.15, -0.1) is 11.3 Å². The van der Waals surface area contributed by atoms with Crippen molar-refractivity contribution in [2.75, 3.05) is 31.6 Å². The van der Waals surface area contributed by atoms with Gasteiger partial charge in [0, 0.05) is 24.4 Å². The molecule has 2 aromatic rings. The van der Waals surface area contributed by atoms with Crippen molar-refractivity contribution < 1.29 is 17.9 Å². The second kappa shape index (κ2) is 8.86. The van der Waals surface area contributed by atoms with Gasteiger partial charge in [-0.25, -0.2) is 8.42 Å². The summed E-state index contributed by atoms with van der Waals surface area (Å²) in [6.07, 6.45) is 3.72. The lowest BCUT2D eigenvalue weighted by molar-refractivity contribution is -0.116. The number of fused-ring (bicyclic) bond motifs is 1. The van der Waals surface area contributed by atoms with E-state index in [0.717, 1.165) is 30.4 Å². The van der Waals surface area contributed by atoms with Gasteiger partial charge in [0.1, 0.15) is 11.1 Å². The monoisotopic (exact) mass is 445 g/mol. The van der Waals surface area contributed by atoms with Crippen LogP contribution < -0.4 is 5.32 Å². The normalized spacial score (nSPS) is 16.8. The number of benzene rings is 1. The first-order chi connectivity index (χ1) is 14.5. The average Bonchev–Trinajstić information content (AvgIpc) is 3.34. The van der Waals surface area contributed by atoms with Crippen LogP contribution >= 0.6 is 11.3 Å². The number of aryl methyl sites for hydroxylation is 2. The summed E-state index contributed by atoms with van der Waals surface area (Å²) in [5.41, 5.74) is 2.59. The van der Waals surface area contributed by atoms with E-state index in [9.17, 15) is 18.5 Å². The van der Waals surface area contributed by atoms with E-state index in [1.54, 1.807) is 24.3 Å². The molecular formula is C21H23N3O4S2. The van der Waals surface area contributed by atoms with Crippen LogP contribution in [0.3, 0.4) is 0 Å². The third-order valence-electron chi connectivity index (χ3n) is 5.46. The Morgan fingerprint density at radius 3 is 2.63 bits per heavy atom. The van der Waals surface area contributed by atoms with Crippen LogP contribution in [0, 0.1) is 11.3 Å². The highest BCUT2D eigenvalue weighted by atomic mass is 32.2. The van der Waals surface area contributed by atoms with Gasteiger partial charge in [0.15, 0.2) is 0 Å². The molecule has 0 radical (unpaired) electrons. The number of nitrogens with one attached hydrogen (secondary N) is 1. The molecule has 7 nitrogen and oxygen atoms in total. The lowest BCUT2D eigenvalue weighted by atomic mass is 10.1. The van der Waals surface area contributed by atoms with E-state index in [1.165, 1.54) is 20.5 Å². The summed E-state index contributed by atoms with van der Waals surface area (Å²) < 4.78 is 32.0. The maximum Gasteiger partial charge on any atom is 0.243 e. The first-order valence-corrected chi connectivity index (χ1v) is 12.3. The quantitative estimate of drug-likeness (QED) is 0.737. The Hall–Kier alpha value is -2.25. The second-order valence-electron chi connectivity index (χ2n) is 7.38. The Morgan fingerprint density at radius 1 is 1.20 bits per heavy atom. The fourth-order valence-electron chi connectivity index (χ4n) is 3.82. The summed E-state index contributed by atoms with van der Waals surface area (Å²) in [6, 6.07) is 8.92. The molecule has 158 valence electrons. The smallest absolute Gasteiger partial charge is 0.243 e. The molecule has 4 rings (SSSR count). The molecule has 1 aliphatic carbocycles. The Morgan fingerprint density at radius 2 is 1.93 bits per heavy atom. The largest absolute Gasteiger partial charge is 0.379 e. The molecule has 0 saturated carbocycles. The minimum absolute atomic E-state index is 0.142. The molecule has 9 heteroatoms. The number of rotatable bonds is 6. The molecule has 30 heavy (non-hydrogen) atoms. The van der Waals surface area contributed by atoms with Gasteiger partial charge in [-0.3, -0.25) is 4.79 Å². The van der Waals surface area contributed by atoms with E-state index in [4.69, 9.17) is 4.74 Å². The van der Waals surface area contributed by atoms with Crippen molar-refractivity contribution in [3.05, 3.63) is 45.8 Å². The number of morpholine rings is 1. The predicted molar refractivity (Wildman–Crippen MR) is 114 cm³/mol. The van der Waals surface area contributed by atoms with E-state index < -0.39 is 10.0 Å². The summed E-state index contributed by atoms with van der Waals surface area (Å²) in [6.45, 7) is 1.54. The molecule has 1 aromatic carbocycles. The zero-order chi connectivity index (χ0) is 21.1. The van der Waals surface area contributed by atoms with Crippen LogP contribution in [-0.4, -0.2) is 44.9 Å². The number of anilines is 1. The minimum atomic E-state index is -3.51. The third kappa shape index (κ3) is 4.27. The van der Waals surface area contributed by atoms with Crippen LogP contribution in [0.25, 0.3) is 0 Å². The number of hydrogen-bond acceptors (Lipinski definition) is 6. The van der Waals surface area contributed by atoms with Gasteiger partial charge in [-0.1, -0.05) is 12.1 Å². The van der Waals surface area contributed by atoms with Gasteiger partial charge in [-0.05, 0) is 48.9 Å². The fourth-order valence-corrected chi connectivity index (χ4v) is 6.49. The highest BCUT2D eigenvalue weighted by molar-refractivity contribution is 7.89. The number of amides is 1. The van der Waals surface area contributed by atoms with E-state index in [1.807, 2.05) is 0 Å². The third-order valence-corrected chi connectivity index (χ3v) is 8.58. The molecule has 0 bridgehead atoms. The SMILES string of the molecule is N#Cc1c(NC(=O)CCc2ccc(S(=O)(=O)N3CCOCC3)cc2)sc2c1CCC2. The standard InChI is InChI=1S/C21H23N3O4S2/c22-14-18-17-2-1-3-19(17)29-21(18)23-20(25)9-6-15-4-7-16(8-5-15)30(26,27)24-10-12-28-13-11-24/h4-5,7-8H,1-3,6,9-13H2,(H,23,25). The topological polar surface area (TPSA) is 99.5 Å². The molecular weight excluding hydrogens is 422 g/mol. The lowest BCUT2D eigenvalue weighted by Crippen LogP contribution is -2.40. The molecule has 2 heterocycles. The molecule has 1 aliphatic heterocycles. The Labute approximate surface area is 180 Å². The zero-order valence-electron chi connectivity index (χ0n) is 16.5. The average molecular weight is 446 g/mol. The number of thiophene rings is 1. The van der Waals surface area contributed by atoms with Crippen molar-refractivity contribution in [3.63, 3.8) is 0 Å². The molecule has 1 aromatic heterocycles. The maximum atomic E-state index is 12.7. The van der Waals surface area contributed by atoms with Crippen LogP contribution in [0.5, 0.6) is 0 Å². The zero-order valence-corrected chi connectivity index (χ0v) is 18.2. The van der Waals surface area contributed by atoms with Gasteiger partial charge in [0.05, 0.1) is 23.7 Å². The van der Waals surface area contributed by atoms with Gasteiger partial charge in [0.2, 0.25) is 15.9 Å². The van der Waals surface area contributed by atoms with Crippen molar-refractivity contribution in [2.45, 2.75) is 37.0 Å². The second-order valence-corrected chi connectivity index (χ2v) is 10.4. The van der Waals surface area contributed by atoms with E-state index in [0.29, 0.717) is 43.3 Å². The van der Waals surface area contributed by atoms with Crippen molar-refractivity contribution in [3.8, 4) is 6.07 Å². The molecule has 0 spiro atoms. The maximum absolute atomic E-state index is 12.7. The number of ether oxygens (including phenoxy) is 1. The summed E-state index contributed by atoms with van der Waals surface area (Å²) in [4.78, 5) is 13.8. The summed E-state index contributed by atoms with van der Waals surface area (Å²) in [5.74, 6) is -0.142. The number of carbonyl (C=O) groups is 1. The number of carbonyl (C=O) groups excluding carboxylic acids is 1. The minimum Gasteiger partial charge on any atom is -0.379 e. The fraction of sp³-hybridized carbons (Fsp3) is 0.429. The van der Waals surface area contributed by atoms with Crippen molar-refractivity contribution in [1.29, 1.82) is 5.26 Å². The number of sulfonamides is 1. The van der Waals surface area contributed by atoms with Crippen LogP contribution in [0.4, 0.5) is 5.00 Å². The van der Waals surface area contributed by atoms with Crippen molar-refractivity contribution in [2.24, 2.45) is 0 Å². The van der Waals surface area contributed by atoms with Crippen molar-refractivity contribution in [1.82, 2.24) is 4.31 Å².